The van der Waals surface area contributed by atoms with Gasteiger partial charge in [-0.25, -0.2) is 4.39 Å². The summed E-state index contributed by atoms with van der Waals surface area (Å²) in [7, 11) is 1.69. The molecule has 1 aromatic heterocycles. The quantitative estimate of drug-likeness (QED) is 0.865. The van der Waals surface area contributed by atoms with Gasteiger partial charge in [-0.1, -0.05) is 23.2 Å². The molecular weight excluding hydrogens is 264 g/mol. The van der Waals surface area contributed by atoms with Crippen LogP contribution in [0.4, 0.5) is 10.2 Å². The number of rotatable bonds is 1. The van der Waals surface area contributed by atoms with Gasteiger partial charge in [-0.15, -0.1) is 0 Å². The van der Waals surface area contributed by atoms with Crippen LogP contribution in [0.2, 0.25) is 10.0 Å². The van der Waals surface area contributed by atoms with E-state index >= 15 is 0 Å². The average Bonchev–Trinajstić information content (AvgIpc) is 2.43. The van der Waals surface area contributed by atoms with Crippen LogP contribution in [-0.2, 0) is 7.05 Å². The molecule has 0 unspecified atom stereocenters. The average molecular weight is 274 g/mol. The van der Waals surface area contributed by atoms with Gasteiger partial charge < -0.3 is 5.73 Å². The summed E-state index contributed by atoms with van der Waals surface area (Å²) >= 11 is 11.7. The summed E-state index contributed by atoms with van der Waals surface area (Å²) in [6, 6.07) is 2.68. The fraction of sp³-hybridized carbons (Fsp3) is 0.182. The van der Waals surface area contributed by atoms with Crippen LogP contribution in [0.25, 0.3) is 11.1 Å². The number of hydrogen-bond donors (Lipinski definition) is 1. The van der Waals surface area contributed by atoms with Crippen molar-refractivity contribution in [2.45, 2.75) is 6.92 Å². The number of anilines is 1. The van der Waals surface area contributed by atoms with Crippen LogP contribution in [0.1, 0.15) is 5.69 Å². The smallest absolute Gasteiger partial charge is 0.134 e. The highest BCUT2D eigenvalue weighted by atomic mass is 35.5. The van der Waals surface area contributed by atoms with E-state index in [0.717, 1.165) is 0 Å². The molecule has 2 N–H and O–H groups in total. The highest BCUT2D eigenvalue weighted by Crippen LogP contribution is 2.37. The maximum Gasteiger partial charge on any atom is 0.134 e. The summed E-state index contributed by atoms with van der Waals surface area (Å²) in [6.45, 7) is 1.75. The third-order valence-electron chi connectivity index (χ3n) is 2.52. The second-order valence-electron chi connectivity index (χ2n) is 3.71. The van der Waals surface area contributed by atoms with E-state index in [-0.39, 0.29) is 15.6 Å². The maximum atomic E-state index is 13.9. The van der Waals surface area contributed by atoms with Crippen LogP contribution in [-0.4, -0.2) is 9.78 Å². The summed E-state index contributed by atoms with van der Waals surface area (Å²) < 4.78 is 15.4. The lowest BCUT2D eigenvalue weighted by Crippen LogP contribution is -1.98. The van der Waals surface area contributed by atoms with E-state index < -0.39 is 5.82 Å². The van der Waals surface area contributed by atoms with Crippen molar-refractivity contribution in [3.63, 3.8) is 0 Å². The molecular formula is C11H10Cl2FN3. The molecule has 0 atom stereocenters. The monoisotopic (exact) mass is 273 g/mol. The Morgan fingerprint density at radius 2 is 1.94 bits per heavy atom. The van der Waals surface area contributed by atoms with E-state index in [2.05, 4.69) is 5.10 Å². The van der Waals surface area contributed by atoms with Gasteiger partial charge in [-0.05, 0) is 19.1 Å². The third kappa shape index (κ3) is 1.98. The summed E-state index contributed by atoms with van der Waals surface area (Å²) in [5.41, 5.74) is 7.21. The first-order valence-electron chi connectivity index (χ1n) is 4.85. The Kier molecular flexibility index (Phi) is 3.02. The molecule has 0 saturated carbocycles. The first kappa shape index (κ1) is 12.2. The van der Waals surface area contributed by atoms with Crippen molar-refractivity contribution in [1.82, 2.24) is 9.78 Å². The number of nitrogens with two attached hydrogens (primary N) is 1. The van der Waals surface area contributed by atoms with Crippen LogP contribution in [0.3, 0.4) is 0 Å². The zero-order valence-electron chi connectivity index (χ0n) is 9.26. The summed E-state index contributed by atoms with van der Waals surface area (Å²) in [6.07, 6.45) is 0. The van der Waals surface area contributed by atoms with Gasteiger partial charge in [0.2, 0.25) is 0 Å². The zero-order chi connectivity index (χ0) is 12.7. The molecule has 1 heterocycles. The molecule has 1 aromatic carbocycles. The Morgan fingerprint density at radius 1 is 1.29 bits per heavy atom. The van der Waals surface area contributed by atoms with Gasteiger partial charge in [0.1, 0.15) is 11.6 Å². The fourth-order valence-corrected chi connectivity index (χ4v) is 2.33. The Labute approximate surface area is 108 Å². The van der Waals surface area contributed by atoms with Gasteiger partial charge in [0, 0.05) is 17.6 Å². The molecule has 0 bridgehead atoms. The number of nitrogen functional groups attached to an aromatic ring is 1. The summed E-state index contributed by atoms with van der Waals surface area (Å²) in [5, 5.41) is 4.59. The lowest BCUT2D eigenvalue weighted by atomic mass is 10.1. The lowest BCUT2D eigenvalue weighted by Gasteiger charge is -2.07. The van der Waals surface area contributed by atoms with Gasteiger partial charge in [0.25, 0.3) is 0 Å². The molecule has 0 fully saturated rings. The minimum atomic E-state index is -0.509. The molecule has 2 rings (SSSR count). The Morgan fingerprint density at radius 3 is 2.41 bits per heavy atom. The van der Waals surface area contributed by atoms with Crippen molar-refractivity contribution < 1.29 is 4.39 Å². The van der Waals surface area contributed by atoms with Crippen LogP contribution >= 0.6 is 23.2 Å². The van der Waals surface area contributed by atoms with Crippen LogP contribution in [0.15, 0.2) is 12.1 Å². The van der Waals surface area contributed by atoms with E-state index in [4.69, 9.17) is 28.9 Å². The molecule has 17 heavy (non-hydrogen) atoms. The lowest BCUT2D eigenvalue weighted by molar-refractivity contribution is 0.631. The standard InChI is InChI=1S/C11H10Cl2FN3/c1-5-9(11(15)17(2)16-5)10-7(13)3-6(12)4-8(10)14/h3-4H,15H2,1-2H3. The number of nitrogens with zero attached hydrogens (tertiary/aromatic N) is 2. The van der Waals surface area contributed by atoms with Gasteiger partial charge in [-0.2, -0.15) is 5.10 Å². The van der Waals surface area contributed by atoms with E-state index in [1.54, 1.807) is 14.0 Å². The SMILES string of the molecule is Cc1nn(C)c(N)c1-c1c(F)cc(Cl)cc1Cl. The van der Waals surface area contributed by atoms with Crippen molar-refractivity contribution in [2.75, 3.05) is 5.73 Å². The fourth-order valence-electron chi connectivity index (χ4n) is 1.77. The van der Waals surface area contributed by atoms with E-state index in [1.165, 1.54) is 16.8 Å². The molecule has 0 aliphatic carbocycles. The number of benzene rings is 1. The van der Waals surface area contributed by atoms with Crippen molar-refractivity contribution >= 4 is 29.0 Å². The molecule has 90 valence electrons. The van der Waals surface area contributed by atoms with Crippen LogP contribution in [0, 0.1) is 12.7 Å². The Bertz CT molecular complexity index is 570. The number of aromatic nitrogens is 2. The van der Waals surface area contributed by atoms with Crippen molar-refractivity contribution in [1.29, 1.82) is 0 Å². The van der Waals surface area contributed by atoms with E-state index in [9.17, 15) is 4.39 Å². The molecule has 3 nitrogen and oxygen atoms in total. The highest BCUT2D eigenvalue weighted by molar-refractivity contribution is 6.36. The van der Waals surface area contributed by atoms with Gasteiger partial charge in [0.15, 0.2) is 0 Å². The molecule has 0 aliphatic rings. The first-order chi connectivity index (χ1) is 7.91. The third-order valence-corrected chi connectivity index (χ3v) is 3.04. The molecule has 2 aromatic rings. The van der Waals surface area contributed by atoms with Crippen molar-refractivity contribution in [3.8, 4) is 11.1 Å². The summed E-state index contributed by atoms with van der Waals surface area (Å²) in [5.74, 6) is -0.143. The van der Waals surface area contributed by atoms with Crippen LogP contribution < -0.4 is 5.73 Å². The van der Waals surface area contributed by atoms with Crippen molar-refractivity contribution in [3.05, 3.63) is 33.7 Å². The Hall–Kier alpha value is -1.26. The van der Waals surface area contributed by atoms with Gasteiger partial charge in [0.05, 0.1) is 16.3 Å². The number of hydrogen-bond acceptors (Lipinski definition) is 2. The second kappa shape index (κ2) is 4.20. The normalized spacial score (nSPS) is 10.9. The number of aryl methyl sites for hydroxylation is 2. The molecule has 0 aliphatic heterocycles. The largest absolute Gasteiger partial charge is 0.383 e. The molecule has 0 radical (unpaired) electrons. The van der Waals surface area contributed by atoms with E-state index in [0.29, 0.717) is 17.1 Å². The first-order valence-corrected chi connectivity index (χ1v) is 5.61. The maximum absolute atomic E-state index is 13.9. The molecule has 0 saturated heterocycles. The van der Waals surface area contributed by atoms with Crippen molar-refractivity contribution in [2.24, 2.45) is 7.05 Å². The molecule has 6 heteroatoms. The predicted octanol–water partition coefficient (Wildman–Crippen LogP) is 3.42. The molecule has 0 spiro atoms. The second-order valence-corrected chi connectivity index (χ2v) is 4.56. The minimum absolute atomic E-state index is 0.220. The minimum Gasteiger partial charge on any atom is -0.383 e. The zero-order valence-corrected chi connectivity index (χ0v) is 10.8. The van der Waals surface area contributed by atoms with Gasteiger partial charge >= 0.3 is 0 Å². The highest BCUT2D eigenvalue weighted by Gasteiger charge is 2.19. The predicted molar refractivity (Wildman–Crippen MR) is 67.8 cm³/mol. The van der Waals surface area contributed by atoms with Crippen LogP contribution in [0.5, 0.6) is 0 Å². The summed E-state index contributed by atoms with van der Waals surface area (Å²) in [4.78, 5) is 0. The molecule has 0 amide bonds. The Balaban J connectivity index is 2.77. The number of halogens is 3. The topological polar surface area (TPSA) is 43.8 Å². The van der Waals surface area contributed by atoms with Gasteiger partial charge in [-0.3, -0.25) is 4.68 Å². The van der Waals surface area contributed by atoms with E-state index in [1.807, 2.05) is 0 Å².